The lowest BCUT2D eigenvalue weighted by Gasteiger charge is -2.03. The minimum atomic E-state index is -0.524. The van der Waals surface area contributed by atoms with Crippen molar-refractivity contribution in [2.24, 2.45) is 0 Å². The van der Waals surface area contributed by atoms with Crippen LogP contribution in [0, 0.1) is 10.1 Å². The summed E-state index contributed by atoms with van der Waals surface area (Å²) in [5, 5.41) is 13.2. The highest BCUT2D eigenvalue weighted by Gasteiger charge is 2.18. The molecule has 0 fully saturated rings. The number of pyridine rings is 1. The van der Waals surface area contributed by atoms with Gasteiger partial charge in [-0.25, -0.2) is 4.98 Å². The molecule has 7 heteroatoms. The third-order valence-electron chi connectivity index (χ3n) is 1.37. The van der Waals surface area contributed by atoms with Gasteiger partial charge in [0.1, 0.15) is 4.60 Å². The maximum atomic E-state index is 10.5. The highest BCUT2D eigenvalue weighted by atomic mass is 79.9. The van der Waals surface area contributed by atoms with Crippen LogP contribution in [0.25, 0.3) is 0 Å². The second-order valence-corrected chi connectivity index (χ2v) is 3.31. The van der Waals surface area contributed by atoms with Gasteiger partial charge in [-0.05, 0) is 15.9 Å². The average Bonchev–Trinajstić information content (AvgIpc) is 2.02. The summed E-state index contributed by atoms with van der Waals surface area (Å²) in [6.45, 7) is 0. The van der Waals surface area contributed by atoms with Crippen molar-refractivity contribution in [2.45, 2.75) is 0 Å². The minimum absolute atomic E-state index is 0.0728. The highest BCUT2D eigenvalue weighted by Crippen LogP contribution is 2.32. The Hall–Kier alpha value is -0.880. The summed E-state index contributed by atoms with van der Waals surface area (Å²) in [5.74, 6) is 0. The molecule has 0 radical (unpaired) electrons. The minimum Gasteiger partial charge on any atom is -0.380 e. The summed E-state index contributed by atoms with van der Waals surface area (Å²) in [4.78, 5) is 13.8. The van der Waals surface area contributed by atoms with Gasteiger partial charge in [0.05, 0.1) is 11.0 Å². The zero-order chi connectivity index (χ0) is 10.0. The standard InChI is InChI=1S/C6H5BrClN3O2/c1-9-5-3(11(12)13)2-4(7)10-6(5)8/h2,9H,1H3. The number of rotatable bonds is 2. The molecule has 0 aliphatic heterocycles. The summed E-state index contributed by atoms with van der Waals surface area (Å²) in [6.07, 6.45) is 0. The normalized spacial score (nSPS) is 9.77. The van der Waals surface area contributed by atoms with Crippen LogP contribution in [-0.4, -0.2) is 17.0 Å². The summed E-state index contributed by atoms with van der Waals surface area (Å²) < 4.78 is 0.336. The smallest absolute Gasteiger partial charge is 0.298 e. The molecule has 5 nitrogen and oxygen atoms in total. The Morgan fingerprint density at radius 3 is 2.85 bits per heavy atom. The third kappa shape index (κ3) is 2.07. The van der Waals surface area contributed by atoms with Crippen molar-refractivity contribution in [2.75, 3.05) is 12.4 Å². The highest BCUT2D eigenvalue weighted by molar-refractivity contribution is 9.10. The monoisotopic (exact) mass is 265 g/mol. The zero-order valence-electron chi connectivity index (χ0n) is 6.54. The fraction of sp³-hybridized carbons (Fsp3) is 0.167. The number of halogens is 2. The Kier molecular flexibility index (Phi) is 3.05. The van der Waals surface area contributed by atoms with E-state index < -0.39 is 4.92 Å². The van der Waals surface area contributed by atoms with E-state index in [9.17, 15) is 10.1 Å². The molecular formula is C6H5BrClN3O2. The van der Waals surface area contributed by atoms with Gasteiger partial charge in [0.2, 0.25) is 0 Å². The summed E-state index contributed by atoms with van der Waals surface area (Å²) in [5.41, 5.74) is 0.115. The zero-order valence-corrected chi connectivity index (χ0v) is 8.89. The van der Waals surface area contributed by atoms with Crippen LogP contribution in [0.2, 0.25) is 5.15 Å². The second kappa shape index (κ2) is 3.89. The molecule has 1 heterocycles. The van der Waals surface area contributed by atoms with Crippen molar-refractivity contribution in [1.29, 1.82) is 0 Å². The number of hydrogen-bond donors (Lipinski definition) is 1. The Balaban J connectivity index is 3.38. The number of nitrogens with zero attached hydrogens (tertiary/aromatic N) is 2. The van der Waals surface area contributed by atoms with E-state index in [2.05, 4.69) is 26.2 Å². The van der Waals surface area contributed by atoms with E-state index in [1.165, 1.54) is 6.07 Å². The molecule has 1 aromatic rings. The molecule has 0 saturated carbocycles. The average molecular weight is 266 g/mol. The Morgan fingerprint density at radius 1 is 1.77 bits per heavy atom. The fourth-order valence-electron chi connectivity index (χ4n) is 0.848. The van der Waals surface area contributed by atoms with Gasteiger partial charge in [-0.15, -0.1) is 0 Å². The predicted molar refractivity (Wildman–Crippen MR) is 53.1 cm³/mol. The maximum Gasteiger partial charge on any atom is 0.298 e. The maximum absolute atomic E-state index is 10.5. The molecule has 1 rings (SSSR count). The van der Waals surface area contributed by atoms with Crippen molar-refractivity contribution in [3.8, 4) is 0 Å². The van der Waals surface area contributed by atoms with E-state index >= 15 is 0 Å². The molecular weight excluding hydrogens is 261 g/mol. The van der Waals surface area contributed by atoms with E-state index in [-0.39, 0.29) is 16.5 Å². The van der Waals surface area contributed by atoms with Gasteiger partial charge in [-0.1, -0.05) is 11.6 Å². The lowest BCUT2D eigenvalue weighted by atomic mass is 10.3. The van der Waals surface area contributed by atoms with Crippen LogP contribution in [0.1, 0.15) is 0 Å². The van der Waals surface area contributed by atoms with Crippen molar-refractivity contribution in [1.82, 2.24) is 4.98 Å². The van der Waals surface area contributed by atoms with Crippen LogP contribution in [-0.2, 0) is 0 Å². The lowest BCUT2D eigenvalue weighted by Crippen LogP contribution is -1.99. The lowest BCUT2D eigenvalue weighted by molar-refractivity contribution is -0.384. The molecule has 13 heavy (non-hydrogen) atoms. The van der Waals surface area contributed by atoms with Crippen molar-refractivity contribution >= 4 is 38.9 Å². The van der Waals surface area contributed by atoms with Gasteiger partial charge in [0.25, 0.3) is 5.69 Å². The summed E-state index contributed by atoms with van der Waals surface area (Å²) in [6, 6.07) is 1.29. The summed E-state index contributed by atoms with van der Waals surface area (Å²) >= 11 is 8.69. The Morgan fingerprint density at radius 2 is 2.38 bits per heavy atom. The van der Waals surface area contributed by atoms with Gasteiger partial charge in [-0.3, -0.25) is 10.1 Å². The second-order valence-electron chi connectivity index (χ2n) is 2.14. The van der Waals surface area contributed by atoms with Crippen LogP contribution in [0.15, 0.2) is 10.7 Å². The van der Waals surface area contributed by atoms with Gasteiger partial charge < -0.3 is 5.32 Å². The molecule has 0 aliphatic rings. The first-order valence-corrected chi connectivity index (χ1v) is 4.41. The van der Waals surface area contributed by atoms with Crippen LogP contribution in [0.5, 0.6) is 0 Å². The van der Waals surface area contributed by atoms with Crippen molar-refractivity contribution in [3.05, 3.63) is 25.9 Å². The first-order valence-electron chi connectivity index (χ1n) is 3.24. The van der Waals surface area contributed by atoms with E-state index in [4.69, 9.17) is 11.6 Å². The van der Waals surface area contributed by atoms with Crippen molar-refractivity contribution in [3.63, 3.8) is 0 Å². The number of aromatic nitrogens is 1. The molecule has 0 amide bonds. The van der Waals surface area contributed by atoms with Gasteiger partial charge in [0, 0.05) is 7.05 Å². The molecule has 0 spiro atoms. The third-order valence-corrected chi connectivity index (χ3v) is 2.05. The largest absolute Gasteiger partial charge is 0.380 e. The number of hydrogen-bond acceptors (Lipinski definition) is 4. The van der Waals surface area contributed by atoms with Crippen molar-refractivity contribution < 1.29 is 4.92 Å². The van der Waals surface area contributed by atoms with Crippen LogP contribution in [0.3, 0.4) is 0 Å². The van der Waals surface area contributed by atoms with Gasteiger partial charge in [-0.2, -0.15) is 0 Å². The number of nitro groups is 1. The molecule has 0 aromatic carbocycles. The molecule has 1 N–H and O–H groups in total. The molecule has 0 atom stereocenters. The molecule has 1 aromatic heterocycles. The first kappa shape index (κ1) is 10.2. The molecule has 0 bridgehead atoms. The number of anilines is 1. The summed E-state index contributed by atoms with van der Waals surface area (Å²) in [7, 11) is 1.55. The Labute approximate surface area is 87.4 Å². The van der Waals surface area contributed by atoms with Gasteiger partial charge in [0.15, 0.2) is 10.8 Å². The quantitative estimate of drug-likeness (QED) is 0.507. The fourth-order valence-corrected chi connectivity index (χ4v) is 1.63. The van der Waals surface area contributed by atoms with Crippen LogP contribution < -0.4 is 5.32 Å². The van der Waals surface area contributed by atoms with E-state index in [1.54, 1.807) is 7.05 Å². The van der Waals surface area contributed by atoms with Crippen LogP contribution >= 0.6 is 27.5 Å². The molecule has 70 valence electrons. The predicted octanol–water partition coefficient (Wildman–Crippen LogP) is 2.45. The Bertz CT molecular complexity index is 358. The van der Waals surface area contributed by atoms with E-state index in [0.717, 1.165) is 0 Å². The SMILES string of the molecule is CNc1c([N+](=O)[O-])cc(Br)nc1Cl. The molecule has 0 unspecified atom stereocenters. The topological polar surface area (TPSA) is 68.1 Å². The van der Waals surface area contributed by atoms with Crippen LogP contribution in [0.4, 0.5) is 11.4 Å². The first-order chi connectivity index (χ1) is 6.06. The molecule has 0 aliphatic carbocycles. The number of nitrogens with one attached hydrogen (secondary N) is 1. The molecule has 0 saturated heterocycles. The van der Waals surface area contributed by atoms with Gasteiger partial charge >= 0.3 is 0 Å². The van der Waals surface area contributed by atoms with E-state index in [0.29, 0.717) is 4.60 Å². The van der Waals surface area contributed by atoms with E-state index in [1.807, 2.05) is 0 Å².